The third-order valence-electron chi connectivity index (χ3n) is 5.70. The average molecular weight is 482 g/mol. The molecule has 1 amide bonds. The molecular weight excluding hydrogens is 438 g/mol. The van der Waals surface area contributed by atoms with Gasteiger partial charge in [-0.15, -0.1) is 0 Å². The highest BCUT2D eigenvalue weighted by Gasteiger charge is 2.27. The molecule has 0 saturated heterocycles. The van der Waals surface area contributed by atoms with Crippen molar-refractivity contribution in [1.82, 2.24) is 10.6 Å². The zero-order chi connectivity index (χ0) is 26.0. The Morgan fingerprint density at radius 2 is 1.76 bits per heavy atom. The average Bonchev–Trinajstić information content (AvgIpc) is 2.77. The van der Waals surface area contributed by atoms with Crippen LogP contribution in [0.5, 0.6) is 0 Å². The van der Waals surface area contributed by atoms with Gasteiger partial charge in [-0.2, -0.15) is 0 Å². The van der Waals surface area contributed by atoms with Crippen LogP contribution in [0.2, 0.25) is 0 Å². The fourth-order valence-corrected chi connectivity index (χ4v) is 3.50. The number of rotatable bonds is 20. The topological polar surface area (TPSA) is 125 Å². The Hall–Kier alpha value is -2.68. The van der Waals surface area contributed by atoms with Crippen molar-refractivity contribution in [2.45, 2.75) is 71.3 Å². The number of aldehydes is 1. The lowest BCUT2D eigenvalue weighted by Crippen LogP contribution is -2.50. The van der Waals surface area contributed by atoms with Gasteiger partial charge >= 0.3 is 5.97 Å². The van der Waals surface area contributed by atoms with Gasteiger partial charge in [0, 0.05) is 55.7 Å². The van der Waals surface area contributed by atoms with Gasteiger partial charge in [0.15, 0.2) is 0 Å². The minimum absolute atomic E-state index is 0.0179. The molecule has 0 aromatic carbocycles. The number of carboxylic acid groups (broad SMARTS) is 1. The summed E-state index contributed by atoms with van der Waals surface area (Å²) < 4.78 is 5.65. The minimum atomic E-state index is -1.05. The summed E-state index contributed by atoms with van der Waals surface area (Å²) in [5.74, 6) is -1.61. The van der Waals surface area contributed by atoms with Gasteiger partial charge in [-0.3, -0.25) is 4.79 Å². The van der Waals surface area contributed by atoms with Crippen molar-refractivity contribution in [1.29, 1.82) is 0 Å². The fourth-order valence-electron chi connectivity index (χ4n) is 3.50. The highest BCUT2D eigenvalue weighted by Crippen LogP contribution is 2.20. The number of esters is 1. The first kappa shape index (κ1) is 31.3. The second kappa shape index (κ2) is 17.8. The molecule has 1 unspecified atom stereocenters. The maximum absolute atomic E-state index is 12.3. The molecule has 0 rings (SSSR count). The summed E-state index contributed by atoms with van der Waals surface area (Å²) >= 11 is 0. The highest BCUT2D eigenvalue weighted by atomic mass is 16.5. The van der Waals surface area contributed by atoms with Gasteiger partial charge in [0.05, 0.1) is 33.3 Å². The van der Waals surface area contributed by atoms with Gasteiger partial charge in [0.2, 0.25) is 5.91 Å². The van der Waals surface area contributed by atoms with E-state index >= 15 is 0 Å². The SMILES string of the molecule is C=C(C)C(=O)OCCCNC=C(C)C(=O)NCCC[N+](C)(C)C(CCCCC=O)CCC(=O)[O-]. The Labute approximate surface area is 204 Å². The Kier molecular flexibility index (Phi) is 16.4. The van der Waals surface area contributed by atoms with Gasteiger partial charge in [0.1, 0.15) is 6.29 Å². The van der Waals surface area contributed by atoms with Crippen molar-refractivity contribution in [2.24, 2.45) is 0 Å². The second-order valence-corrected chi connectivity index (χ2v) is 9.18. The van der Waals surface area contributed by atoms with Crippen LogP contribution in [-0.4, -0.2) is 75.0 Å². The molecule has 0 heterocycles. The third-order valence-corrected chi connectivity index (χ3v) is 5.70. The van der Waals surface area contributed by atoms with E-state index < -0.39 is 11.9 Å². The van der Waals surface area contributed by atoms with Crippen molar-refractivity contribution >= 4 is 24.1 Å². The minimum Gasteiger partial charge on any atom is -0.550 e. The molecule has 34 heavy (non-hydrogen) atoms. The van der Waals surface area contributed by atoms with E-state index in [4.69, 9.17) is 4.74 Å². The van der Waals surface area contributed by atoms with Crippen LogP contribution in [0.25, 0.3) is 0 Å². The molecule has 0 radical (unpaired) electrons. The molecule has 9 heteroatoms. The van der Waals surface area contributed by atoms with Crippen molar-refractivity contribution < 1.29 is 33.5 Å². The lowest BCUT2D eigenvalue weighted by atomic mass is 10.00. The van der Waals surface area contributed by atoms with Gasteiger partial charge in [-0.25, -0.2) is 4.79 Å². The number of hydrogen-bond donors (Lipinski definition) is 2. The lowest BCUT2D eigenvalue weighted by molar-refractivity contribution is -0.915. The van der Waals surface area contributed by atoms with E-state index in [0.717, 1.165) is 38.5 Å². The highest BCUT2D eigenvalue weighted by molar-refractivity contribution is 5.92. The molecule has 9 nitrogen and oxygen atoms in total. The predicted molar refractivity (Wildman–Crippen MR) is 129 cm³/mol. The van der Waals surface area contributed by atoms with Crippen molar-refractivity contribution in [3.8, 4) is 0 Å². The smallest absolute Gasteiger partial charge is 0.333 e. The molecule has 0 fully saturated rings. The van der Waals surface area contributed by atoms with E-state index in [1.54, 1.807) is 20.0 Å². The van der Waals surface area contributed by atoms with Gasteiger partial charge in [-0.1, -0.05) is 6.58 Å². The molecule has 0 aromatic rings. The first-order valence-electron chi connectivity index (χ1n) is 12.0. The summed E-state index contributed by atoms with van der Waals surface area (Å²) in [5, 5.41) is 16.9. The molecule has 1 atom stereocenters. The van der Waals surface area contributed by atoms with Crippen LogP contribution >= 0.6 is 0 Å². The summed E-state index contributed by atoms with van der Waals surface area (Å²) in [5.41, 5.74) is 0.917. The van der Waals surface area contributed by atoms with Crippen LogP contribution in [-0.2, 0) is 23.9 Å². The summed E-state index contributed by atoms with van der Waals surface area (Å²) in [6.07, 6.45) is 7.53. The summed E-state index contributed by atoms with van der Waals surface area (Å²) in [6.45, 7) is 8.99. The Balaban J connectivity index is 4.35. The third kappa shape index (κ3) is 15.2. The number of nitrogens with one attached hydrogen (secondary N) is 2. The number of amides is 1. The number of unbranched alkanes of at least 4 members (excludes halogenated alkanes) is 2. The maximum Gasteiger partial charge on any atom is 0.333 e. The molecular formula is C25H43N3O6. The predicted octanol–water partition coefficient (Wildman–Crippen LogP) is 1.23. The molecule has 0 saturated carbocycles. The van der Waals surface area contributed by atoms with Gasteiger partial charge in [-0.05, 0) is 46.0 Å². The van der Waals surface area contributed by atoms with Crippen LogP contribution in [0.3, 0.4) is 0 Å². The Morgan fingerprint density at radius 3 is 2.38 bits per heavy atom. The lowest BCUT2D eigenvalue weighted by Gasteiger charge is -2.39. The van der Waals surface area contributed by atoms with Crippen LogP contribution < -0.4 is 15.7 Å². The number of quaternary nitrogens is 1. The number of carbonyl (C=O) groups excluding carboxylic acids is 4. The quantitative estimate of drug-likeness (QED) is 0.0881. The molecule has 0 aromatic heterocycles. The van der Waals surface area contributed by atoms with Crippen molar-refractivity contribution in [3.63, 3.8) is 0 Å². The molecule has 194 valence electrons. The van der Waals surface area contributed by atoms with E-state index in [2.05, 4.69) is 31.3 Å². The van der Waals surface area contributed by atoms with Gasteiger partial charge in [0.25, 0.3) is 0 Å². The molecule has 0 aliphatic heterocycles. The number of carbonyl (C=O) groups is 4. The first-order chi connectivity index (χ1) is 16.0. The van der Waals surface area contributed by atoms with E-state index in [-0.39, 0.29) is 25.0 Å². The van der Waals surface area contributed by atoms with E-state index in [1.165, 1.54) is 0 Å². The number of nitrogens with zero attached hydrogens (tertiary/aromatic N) is 1. The second-order valence-electron chi connectivity index (χ2n) is 9.18. The monoisotopic (exact) mass is 481 g/mol. The van der Waals surface area contributed by atoms with Crippen LogP contribution in [0, 0.1) is 0 Å². The first-order valence-corrected chi connectivity index (χ1v) is 12.0. The van der Waals surface area contributed by atoms with Crippen LogP contribution in [0.15, 0.2) is 23.9 Å². The zero-order valence-corrected chi connectivity index (χ0v) is 21.3. The van der Waals surface area contributed by atoms with E-state index in [9.17, 15) is 24.3 Å². The van der Waals surface area contributed by atoms with Crippen molar-refractivity contribution in [3.05, 3.63) is 23.9 Å². The van der Waals surface area contributed by atoms with Crippen LogP contribution in [0.1, 0.15) is 65.2 Å². The number of hydrogen-bond acceptors (Lipinski definition) is 7. The summed E-state index contributed by atoms with van der Waals surface area (Å²) in [7, 11) is 4.15. The maximum atomic E-state index is 12.3. The fraction of sp³-hybridized carbons (Fsp3) is 0.680. The number of carboxylic acids is 1. The normalized spacial score (nSPS) is 12.5. The molecule has 0 bridgehead atoms. The van der Waals surface area contributed by atoms with Crippen molar-refractivity contribution in [2.75, 3.05) is 40.3 Å². The summed E-state index contributed by atoms with van der Waals surface area (Å²) in [6, 6.07) is 0.153. The van der Waals surface area contributed by atoms with E-state index in [0.29, 0.717) is 48.0 Å². The molecule has 0 spiro atoms. The standard InChI is InChI=1S/C25H43N3O6/c1-20(2)25(33)34-18-10-14-26-19-21(3)24(32)27-15-9-16-28(4,5)22(12-13-23(30)31)11-7-6-8-17-29/h17,19,22H,1,6-16,18H2,2-5H3,(H2-,26,27,30,31,32). The van der Waals surface area contributed by atoms with Gasteiger partial charge < -0.3 is 34.5 Å². The summed E-state index contributed by atoms with van der Waals surface area (Å²) in [4.78, 5) is 45.0. The molecule has 2 N–H and O–H groups in total. The Morgan fingerprint density at radius 1 is 1.06 bits per heavy atom. The van der Waals surface area contributed by atoms with Crippen LogP contribution in [0.4, 0.5) is 0 Å². The largest absolute Gasteiger partial charge is 0.550 e. The van der Waals surface area contributed by atoms with E-state index in [1.807, 2.05) is 0 Å². The Bertz CT molecular complexity index is 703. The molecule has 0 aliphatic carbocycles. The number of ether oxygens (including phenoxy) is 1. The zero-order valence-electron chi connectivity index (χ0n) is 21.3. The molecule has 0 aliphatic rings. The number of aliphatic carboxylic acids is 1.